The second-order valence-corrected chi connectivity index (χ2v) is 29.0. The van der Waals surface area contributed by atoms with Gasteiger partial charge in [0.1, 0.15) is 71.5 Å². The molecule has 34 heteroatoms. The van der Waals surface area contributed by atoms with Gasteiger partial charge in [0.25, 0.3) is 0 Å². The second kappa shape index (κ2) is 48.6. The van der Waals surface area contributed by atoms with E-state index in [4.69, 9.17) is 22.9 Å². The standard InChI is InChI=1S/C76H120N16O18/c1-9-46(5)61-71(107)91-76(8,74(110)88-52(33-34-59(95)96)65(101)86-57(44-93)70(106)83-53(63(80)99)40-48-27-17-15-18-28-48)36-24-14-12-11-13-23-35-75(7,73(109)87-51(32-22-26-38-78)64(100)82-50(66(102)89-61)31-21-25-37-77)92-72(108)62(47(6)10-2)90-69(105)56(42-60(97)98)85-68(104)55(41-49-29-19-16-20-30-49)84-67(103)54(39-45(3)4)81-58(94)43-79/h11-12,15-20,27-30,45-47,50-57,61-62,93H,9-10,13-14,21-26,31-44,77-79H2,1-8H3,(H2,80,99)(H,81,94)(H,82,100)(H,83,106)(H,84,103)(H,85,104)(H,86,101)(H,87,109)(H,88,110)(H,89,102)(H,90,105)(H,91,107)(H,92,108)(H,95,96)(H,97,98)/b12-11-/t46-,47-,50-,51-,52-,53-,54-,55-,56-,57-,61-,62-,75-,76-/m0/s1. The van der Waals surface area contributed by atoms with Crippen molar-refractivity contribution in [1.82, 2.24) is 63.8 Å². The Labute approximate surface area is 643 Å². The van der Waals surface area contributed by atoms with Gasteiger partial charge >= 0.3 is 11.9 Å². The lowest BCUT2D eigenvalue weighted by Crippen LogP contribution is -2.65. The van der Waals surface area contributed by atoms with Crippen molar-refractivity contribution in [3.63, 3.8) is 0 Å². The molecule has 3 rings (SSSR count). The number of amides is 13. The molecule has 0 unspecified atom stereocenters. The van der Waals surface area contributed by atoms with E-state index in [1.165, 1.54) is 13.8 Å². The zero-order valence-corrected chi connectivity index (χ0v) is 64.7. The van der Waals surface area contributed by atoms with Gasteiger partial charge in [-0.3, -0.25) is 71.9 Å². The topological polar surface area (TPSA) is 565 Å². The van der Waals surface area contributed by atoms with Gasteiger partial charge in [-0.15, -0.1) is 0 Å². The highest BCUT2D eigenvalue weighted by Crippen LogP contribution is 2.23. The predicted molar refractivity (Wildman–Crippen MR) is 408 cm³/mol. The van der Waals surface area contributed by atoms with E-state index in [2.05, 4.69) is 63.8 Å². The van der Waals surface area contributed by atoms with Crippen LogP contribution >= 0.6 is 0 Å². The van der Waals surface area contributed by atoms with Crippen molar-refractivity contribution in [2.24, 2.45) is 40.7 Å². The average Bonchev–Trinajstić information content (AvgIpc) is 0.847. The van der Waals surface area contributed by atoms with Gasteiger partial charge in [0.15, 0.2) is 0 Å². The minimum atomic E-state index is -1.97. The highest BCUT2D eigenvalue weighted by Gasteiger charge is 2.44. The SMILES string of the molecule is CC[C@H](C)[C@H](NC(=O)[C@H](CC(=O)O)NC(=O)[C@H](Cc1ccccc1)NC(=O)[C@H](CC(C)C)NC(=O)CN)C(=O)N[C@@]1(C)CCC/C=C\CCC[C@@](C)(C(=O)N[C@@H](CCC(=O)O)C(=O)N[C@@H](CO)C(=O)N[C@@H](Cc2ccccc2)C(N)=O)NC(=O)[C@H]([C@@H](C)CC)NC(=O)[C@H](CCCCN)NC(=O)[C@H](CCCCN)NC1=O. The average molecular weight is 1550 g/mol. The zero-order valence-electron chi connectivity index (χ0n) is 64.7. The van der Waals surface area contributed by atoms with E-state index in [-0.39, 0.29) is 115 Å². The molecule has 0 radical (unpaired) electrons. The van der Waals surface area contributed by atoms with Crippen molar-refractivity contribution in [1.29, 1.82) is 0 Å². The Morgan fingerprint density at radius 3 is 1.57 bits per heavy atom. The first-order valence-corrected chi connectivity index (χ1v) is 37.9. The molecule has 0 saturated heterocycles. The fourth-order valence-corrected chi connectivity index (χ4v) is 12.2. The second-order valence-electron chi connectivity index (χ2n) is 29.0. The number of carboxylic acids is 2. The van der Waals surface area contributed by atoms with Gasteiger partial charge in [0.2, 0.25) is 76.8 Å². The third-order valence-electron chi connectivity index (χ3n) is 19.3. The molecule has 1 aliphatic rings. The first-order valence-electron chi connectivity index (χ1n) is 37.9. The van der Waals surface area contributed by atoms with Crippen LogP contribution in [0.3, 0.4) is 0 Å². The number of carboxylic acid groups (broad SMARTS) is 2. The Hall–Kier alpha value is -9.93. The van der Waals surface area contributed by atoms with Crippen LogP contribution in [0.15, 0.2) is 72.8 Å². The van der Waals surface area contributed by atoms with Crippen LogP contribution in [-0.4, -0.2) is 202 Å². The number of aliphatic carboxylic acids is 2. The summed E-state index contributed by atoms with van der Waals surface area (Å²) in [5.41, 5.74) is 20.3. The number of hydrogen-bond acceptors (Lipinski definition) is 19. The maximum atomic E-state index is 15.2. The minimum absolute atomic E-state index is 0.0358. The van der Waals surface area contributed by atoms with Gasteiger partial charge in [-0.05, 0) is 146 Å². The summed E-state index contributed by atoms with van der Waals surface area (Å²) < 4.78 is 0. The number of hydrogen-bond donors (Lipinski definition) is 19. The van der Waals surface area contributed by atoms with Gasteiger partial charge in [0.05, 0.1) is 19.6 Å². The summed E-state index contributed by atoms with van der Waals surface area (Å²) in [5.74, 6) is -16.4. The Bertz CT molecular complexity index is 3420. The number of nitrogens with one attached hydrogen (secondary N) is 12. The maximum absolute atomic E-state index is 15.2. The molecular formula is C76H120N16O18. The lowest BCUT2D eigenvalue weighted by atomic mass is 9.90. The van der Waals surface area contributed by atoms with E-state index in [0.717, 1.165) is 0 Å². The van der Waals surface area contributed by atoms with E-state index in [9.17, 15) is 77.6 Å². The molecule has 612 valence electrons. The number of carbonyl (C=O) groups is 15. The molecule has 2 aromatic rings. The van der Waals surface area contributed by atoms with Crippen molar-refractivity contribution in [2.75, 3.05) is 26.2 Å². The van der Waals surface area contributed by atoms with Crippen molar-refractivity contribution < 1.29 is 87.2 Å². The summed E-state index contributed by atoms with van der Waals surface area (Å²) >= 11 is 0. The molecule has 0 saturated carbocycles. The van der Waals surface area contributed by atoms with Gasteiger partial charge < -0.3 is 102 Å². The fourth-order valence-electron chi connectivity index (χ4n) is 12.2. The van der Waals surface area contributed by atoms with Crippen LogP contribution in [0.1, 0.15) is 182 Å². The first kappa shape index (κ1) is 94.3. The number of allylic oxidation sites excluding steroid dienone is 2. The number of rotatable bonds is 41. The van der Waals surface area contributed by atoms with Crippen LogP contribution < -0.4 is 86.7 Å². The van der Waals surface area contributed by atoms with E-state index < -0.39 is 204 Å². The molecule has 23 N–H and O–H groups in total. The normalized spacial score (nSPS) is 20.9. The number of aliphatic hydroxyl groups is 1. The lowest BCUT2D eigenvalue weighted by Gasteiger charge is -2.35. The summed E-state index contributed by atoms with van der Waals surface area (Å²) in [4.78, 5) is 210. The quantitative estimate of drug-likeness (QED) is 0.0285. The molecule has 0 fully saturated rings. The summed E-state index contributed by atoms with van der Waals surface area (Å²) in [6.45, 7) is 12.0. The van der Waals surface area contributed by atoms with Crippen LogP contribution in [0.2, 0.25) is 0 Å². The number of carbonyl (C=O) groups excluding carboxylic acids is 13. The Morgan fingerprint density at radius 2 is 1.05 bits per heavy atom. The number of nitrogens with two attached hydrogens (primary N) is 4. The highest BCUT2D eigenvalue weighted by molar-refractivity contribution is 6.01. The maximum Gasteiger partial charge on any atom is 0.305 e. The van der Waals surface area contributed by atoms with Gasteiger partial charge in [-0.2, -0.15) is 0 Å². The Balaban J connectivity index is 2.15. The van der Waals surface area contributed by atoms with Crippen molar-refractivity contribution in [2.45, 2.75) is 255 Å². The summed E-state index contributed by atoms with van der Waals surface area (Å²) in [6.07, 6.45) is 3.37. The molecule has 2 aromatic carbocycles. The number of unbranched alkanes of at least 4 members (excludes halogenated alkanes) is 2. The van der Waals surface area contributed by atoms with Crippen LogP contribution in [0.25, 0.3) is 0 Å². The molecule has 0 bridgehead atoms. The molecule has 14 atom stereocenters. The van der Waals surface area contributed by atoms with E-state index in [1.54, 1.807) is 101 Å². The molecule has 0 spiro atoms. The molecule has 34 nitrogen and oxygen atoms in total. The third kappa shape index (κ3) is 32.7. The molecule has 1 aliphatic heterocycles. The van der Waals surface area contributed by atoms with Crippen LogP contribution in [0.4, 0.5) is 0 Å². The third-order valence-corrected chi connectivity index (χ3v) is 19.3. The minimum Gasteiger partial charge on any atom is -0.481 e. The summed E-state index contributed by atoms with van der Waals surface area (Å²) in [7, 11) is 0. The molecule has 110 heavy (non-hydrogen) atoms. The van der Waals surface area contributed by atoms with Crippen molar-refractivity contribution >= 4 is 88.7 Å². The van der Waals surface area contributed by atoms with E-state index >= 15 is 9.59 Å². The molecule has 13 amide bonds. The highest BCUT2D eigenvalue weighted by atomic mass is 16.4. The van der Waals surface area contributed by atoms with Crippen molar-refractivity contribution in [3.05, 3.63) is 83.9 Å². The molecule has 1 heterocycles. The van der Waals surface area contributed by atoms with Gasteiger partial charge in [-0.1, -0.05) is 127 Å². The molecular weight excluding hydrogens is 1420 g/mol. The Kier molecular flexibility index (Phi) is 41.6. The van der Waals surface area contributed by atoms with Crippen molar-refractivity contribution in [3.8, 4) is 0 Å². The molecule has 0 aliphatic carbocycles. The zero-order chi connectivity index (χ0) is 82.3. The number of aliphatic hydroxyl groups excluding tert-OH is 1. The number of benzene rings is 2. The van der Waals surface area contributed by atoms with Crippen LogP contribution in [-0.2, 0) is 84.8 Å². The van der Waals surface area contributed by atoms with Gasteiger partial charge in [-0.25, -0.2) is 0 Å². The summed E-state index contributed by atoms with van der Waals surface area (Å²) in [6, 6.07) is 1.98. The van der Waals surface area contributed by atoms with E-state index in [1.807, 2.05) is 13.8 Å². The van der Waals surface area contributed by atoms with E-state index in [0.29, 0.717) is 24.0 Å². The Morgan fingerprint density at radius 1 is 0.555 bits per heavy atom. The van der Waals surface area contributed by atoms with Crippen LogP contribution in [0.5, 0.6) is 0 Å². The predicted octanol–water partition coefficient (Wildman–Crippen LogP) is -0.848. The summed E-state index contributed by atoms with van der Waals surface area (Å²) in [5, 5.41) is 61.9. The number of primary amides is 1. The lowest BCUT2D eigenvalue weighted by molar-refractivity contribution is -0.142. The smallest absolute Gasteiger partial charge is 0.305 e. The fraction of sp³-hybridized carbons (Fsp3) is 0.618. The van der Waals surface area contributed by atoms with Gasteiger partial charge in [0, 0.05) is 19.3 Å². The monoisotopic (exact) mass is 1540 g/mol. The largest absolute Gasteiger partial charge is 0.481 e. The first-order chi connectivity index (χ1) is 52.1. The molecule has 0 aromatic heterocycles. The van der Waals surface area contributed by atoms with Crippen LogP contribution in [0, 0.1) is 17.8 Å².